The normalized spacial score (nSPS) is 25.2. The first-order valence-electron chi connectivity index (χ1n) is 10.0. The molecule has 1 aliphatic carbocycles. The van der Waals surface area contributed by atoms with Crippen molar-refractivity contribution in [1.82, 2.24) is 10.3 Å². The number of hydrogen-bond donors (Lipinski definition) is 2. The second-order valence-electron chi connectivity index (χ2n) is 8.09. The molecule has 31 heavy (non-hydrogen) atoms. The molecule has 168 valence electrons. The summed E-state index contributed by atoms with van der Waals surface area (Å²) in [5.74, 6) is -3.20. The van der Waals surface area contributed by atoms with E-state index in [1.807, 2.05) is 6.92 Å². The molecule has 1 amide bonds. The van der Waals surface area contributed by atoms with Crippen molar-refractivity contribution in [2.75, 3.05) is 18.0 Å². The maximum atomic E-state index is 14.1. The van der Waals surface area contributed by atoms with Crippen molar-refractivity contribution in [3.05, 3.63) is 46.0 Å². The van der Waals surface area contributed by atoms with Crippen molar-refractivity contribution in [3.8, 4) is 0 Å². The highest BCUT2D eigenvalue weighted by molar-refractivity contribution is 7.93. The average Bonchev–Trinajstić information content (AvgIpc) is 3.06. The van der Waals surface area contributed by atoms with Gasteiger partial charge in [0.25, 0.3) is 11.8 Å². The Labute approximate surface area is 179 Å². The van der Waals surface area contributed by atoms with E-state index in [1.165, 1.54) is 17.1 Å². The molecule has 3 aliphatic rings. The van der Waals surface area contributed by atoms with Gasteiger partial charge in [0.05, 0.1) is 41.5 Å². The summed E-state index contributed by atoms with van der Waals surface area (Å²) in [5.41, 5.74) is 1.53. The van der Waals surface area contributed by atoms with Gasteiger partial charge in [0, 0.05) is 24.9 Å². The fourth-order valence-corrected chi connectivity index (χ4v) is 4.76. The molecule has 3 heterocycles. The average molecular weight is 454 g/mol. The van der Waals surface area contributed by atoms with Crippen LogP contribution in [0.3, 0.4) is 0 Å². The van der Waals surface area contributed by atoms with Crippen LogP contribution in [0.5, 0.6) is 0 Å². The lowest BCUT2D eigenvalue weighted by Crippen LogP contribution is -2.44. The Balaban J connectivity index is 1.63. The minimum absolute atomic E-state index is 0.00509. The number of hydrogen-bond acceptors (Lipinski definition) is 6. The number of nitrogens with two attached hydrogens (primary N) is 1. The maximum absolute atomic E-state index is 14.1. The van der Waals surface area contributed by atoms with Gasteiger partial charge in [-0.25, -0.2) is 27.3 Å². The molecule has 8 nitrogen and oxygen atoms in total. The number of sulfonamides is 1. The van der Waals surface area contributed by atoms with Gasteiger partial charge < -0.3 is 15.0 Å². The highest BCUT2D eigenvalue weighted by Crippen LogP contribution is 2.36. The van der Waals surface area contributed by atoms with Gasteiger partial charge in [-0.2, -0.15) is 0 Å². The van der Waals surface area contributed by atoms with Crippen molar-refractivity contribution in [2.24, 2.45) is 5.14 Å². The molecule has 4 rings (SSSR count). The van der Waals surface area contributed by atoms with Crippen molar-refractivity contribution in [1.29, 1.82) is 0 Å². The minimum Gasteiger partial charge on any atom is -0.367 e. The molecule has 0 saturated carbocycles. The molecule has 1 fully saturated rings. The molecule has 0 aromatic carbocycles. The van der Waals surface area contributed by atoms with Gasteiger partial charge in [-0.3, -0.25) is 4.79 Å². The van der Waals surface area contributed by atoms with Crippen LogP contribution in [0, 0.1) is 0 Å². The number of ether oxygens (including phenoxy) is 1. The lowest BCUT2D eigenvalue weighted by atomic mass is 10.0. The number of anilines is 1. The smallest absolute Gasteiger partial charge is 0.265 e. The van der Waals surface area contributed by atoms with Crippen LogP contribution in [0.25, 0.3) is 0 Å². The van der Waals surface area contributed by atoms with E-state index in [0.29, 0.717) is 12.2 Å². The number of primary sulfonamides is 1. The molecule has 11 heteroatoms. The Hall–Kier alpha value is -2.37. The number of halogens is 2. The van der Waals surface area contributed by atoms with Crippen molar-refractivity contribution >= 4 is 21.7 Å². The van der Waals surface area contributed by atoms with Crippen molar-refractivity contribution in [3.63, 3.8) is 0 Å². The first-order chi connectivity index (χ1) is 14.5. The molecule has 2 unspecified atom stereocenters. The number of rotatable bonds is 4. The Bertz CT molecular complexity index is 1070. The van der Waals surface area contributed by atoms with Crippen LogP contribution in [-0.2, 0) is 21.4 Å². The summed E-state index contributed by atoms with van der Waals surface area (Å²) in [6.07, 6.45) is 4.34. The molecule has 0 bridgehead atoms. The molecule has 2 aliphatic heterocycles. The Morgan fingerprint density at radius 2 is 2.19 bits per heavy atom. The second-order valence-corrected chi connectivity index (χ2v) is 9.70. The molecule has 2 atom stereocenters. The number of amides is 1. The summed E-state index contributed by atoms with van der Waals surface area (Å²) >= 11 is 0. The van der Waals surface area contributed by atoms with Crippen LogP contribution in [0.4, 0.5) is 14.6 Å². The highest BCUT2D eigenvalue weighted by atomic mass is 32.2. The van der Waals surface area contributed by atoms with Crippen LogP contribution in [0.1, 0.15) is 53.9 Å². The Kier molecular flexibility index (Phi) is 5.61. The summed E-state index contributed by atoms with van der Waals surface area (Å²) < 4.78 is 57.0. The number of nitrogens with zero attached hydrogens (tertiary/aromatic N) is 2. The molecule has 1 aromatic heterocycles. The number of fused-ring (bicyclic) bond motifs is 1. The molecular formula is C20H24F2N4O4S. The fraction of sp³-hybridized carbons (Fsp3) is 0.500. The summed E-state index contributed by atoms with van der Waals surface area (Å²) in [6.45, 7) is 1.94. The largest absolute Gasteiger partial charge is 0.367 e. The first kappa shape index (κ1) is 21.8. The van der Waals surface area contributed by atoms with Crippen LogP contribution >= 0.6 is 0 Å². The van der Waals surface area contributed by atoms with Crippen LogP contribution in [0.15, 0.2) is 29.2 Å². The van der Waals surface area contributed by atoms with Gasteiger partial charge in [0.15, 0.2) is 0 Å². The second kappa shape index (κ2) is 7.95. The number of alkyl halides is 2. The summed E-state index contributed by atoms with van der Waals surface area (Å²) in [4.78, 5) is 19.1. The van der Waals surface area contributed by atoms with E-state index in [0.717, 1.165) is 5.56 Å². The standard InChI is InChI=1S/C20H24F2N4O4S/c1-12-17-13(10-30-12)8-16(18(25-17)26-7-3-6-20(21,22)11-26)19(27)24-14-4-2-5-15(9-14)31(23,28)29/h2,4-5,8,12,14H,3,6-7,9-11H2,1H3,(H,24,27)(H2,23,28,29). The molecule has 1 saturated heterocycles. The van der Waals surface area contributed by atoms with Gasteiger partial charge >= 0.3 is 0 Å². The van der Waals surface area contributed by atoms with E-state index in [4.69, 9.17) is 9.88 Å². The number of pyridine rings is 1. The summed E-state index contributed by atoms with van der Waals surface area (Å²) in [5, 5.41) is 7.95. The fourth-order valence-electron chi connectivity index (χ4n) is 4.08. The number of carbonyl (C=O) groups is 1. The Morgan fingerprint density at radius 1 is 1.42 bits per heavy atom. The SMILES string of the molecule is CC1OCc2cc(C(=O)NC3C=CC=C(S(N)(=O)=O)C3)c(N3CCCC(F)(F)C3)nc21. The van der Waals surface area contributed by atoms with E-state index in [9.17, 15) is 22.0 Å². The lowest BCUT2D eigenvalue weighted by Gasteiger charge is -2.34. The van der Waals surface area contributed by atoms with Gasteiger partial charge in [-0.1, -0.05) is 12.2 Å². The number of piperidine rings is 1. The van der Waals surface area contributed by atoms with Crippen LogP contribution in [0.2, 0.25) is 0 Å². The van der Waals surface area contributed by atoms with E-state index in [2.05, 4.69) is 10.3 Å². The van der Waals surface area contributed by atoms with Gasteiger partial charge in [-0.15, -0.1) is 0 Å². The first-order valence-corrected chi connectivity index (χ1v) is 11.6. The number of aromatic nitrogens is 1. The number of allylic oxidation sites excluding steroid dienone is 2. The number of carbonyl (C=O) groups excluding carboxylic acids is 1. The third kappa shape index (κ3) is 4.63. The predicted molar refractivity (Wildman–Crippen MR) is 110 cm³/mol. The third-order valence-electron chi connectivity index (χ3n) is 5.65. The molecular weight excluding hydrogens is 430 g/mol. The monoisotopic (exact) mass is 454 g/mol. The maximum Gasteiger partial charge on any atom is 0.265 e. The number of nitrogens with one attached hydrogen (secondary N) is 1. The van der Waals surface area contributed by atoms with Gasteiger partial charge in [0.1, 0.15) is 5.82 Å². The third-order valence-corrected chi connectivity index (χ3v) is 6.69. The van der Waals surface area contributed by atoms with Gasteiger partial charge in [0.2, 0.25) is 10.0 Å². The zero-order chi connectivity index (χ0) is 22.4. The summed E-state index contributed by atoms with van der Waals surface area (Å²) in [7, 11) is -3.87. The van der Waals surface area contributed by atoms with Crippen LogP contribution in [-0.4, -0.2) is 44.4 Å². The van der Waals surface area contributed by atoms with Crippen LogP contribution < -0.4 is 15.4 Å². The predicted octanol–water partition coefficient (Wildman–Crippen LogP) is 2.14. The van der Waals surface area contributed by atoms with E-state index >= 15 is 0 Å². The quantitative estimate of drug-likeness (QED) is 0.721. The van der Waals surface area contributed by atoms with E-state index in [-0.39, 0.29) is 48.3 Å². The molecule has 0 spiro atoms. The van der Waals surface area contributed by atoms with Gasteiger partial charge in [-0.05, 0) is 25.5 Å². The minimum atomic E-state index is -3.87. The molecule has 0 radical (unpaired) electrons. The van der Waals surface area contributed by atoms with Crippen molar-refractivity contribution in [2.45, 2.75) is 50.9 Å². The zero-order valence-electron chi connectivity index (χ0n) is 17.0. The zero-order valence-corrected chi connectivity index (χ0v) is 17.8. The van der Waals surface area contributed by atoms with E-state index < -0.39 is 34.4 Å². The van der Waals surface area contributed by atoms with Crippen molar-refractivity contribution < 1.29 is 26.7 Å². The Morgan fingerprint density at radius 3 is 2.90 bits per heavy atom. The topological polar surface area (TPSA) is 115 Å². The highest BCUT2D eigenvalue weighted by Gasteiger charge is 2.38. The summed E-state index contributed by atoms with van der Waals surface area (Å²) in [6, 6.07) is 1.02. The van der Waals surface area contributed by atoms with E-state index in [1.54, 1.807) is 12.1 Å². The molecule has 1 aromatic rings. The molecule has 3 N–H and O–H groups in total. The lowest BCUT2D eigenvalue weighted by molar-refractivity contribution is -0.0119.